The van der Waals surface area contributed by atoms with Crippen LogP contribution in [-0.2, 0) is 33.9 Å². The Morgan fingerprint density at radius 1 is 1.10 bits per heavy atom. The molecule has 0 spiro atoms. The van der Waals surface area contributed by atoms with E-state index in [1.165, 1.54) is 11.0 Å². The van der Waals surface area contributed by atoms with E-state index in [1.54, 1.807) is 32.0 Å². The quantitative estimate of drug-likeness (QED) is 0.126. The first-order chi connectivity index (χ1) is 28.4. The van der Waals surface area contributed by atoms with Crippen molar-refractivity contribution in [3.05, 3.63) is 41.4 Å². The van der Waals surface area contributed by atoms with Crippen molar-refractivity contribution in [3.63, 3.8) is 0 Å². The molecule has 0 bridgehead atoms. The lowest BCUT2D eigenvalue weighted by Crippen LogP contribution is -2.49. The molecule has 6 rings (SSSR count). The van der Waals surface area contributed by atoms with Gasteiger partial charge in [0.05, 0.1) is 35.1 Å². The number of sulfonamides is 1. The number of pyridine rings is 1. The Morgan fingerprint density at radius 3 is 2.46 bits per heavy atom. The van der Waals surface area contributed by atoms with Crippen LogP contribution in [0.15, 0.2) is 36.4 Å². The van der Waals surface area contributed by atoms with Crippen molar-refractivity contribution in [2.24, 2.45) is 29.1 Å². The van der Waals surface area contributed by atoms with Crippen molar-refractivity contribution in [2.45, 2.75) is 134 Å². The molecule has 2 saturated carbocycles. The van der Waals surface area contributed by atoms with E-state index in [9.17, 15) is 45.2 Å². The summed E-state index contributed by atoms with van der Waals surface area (Å²) in [7, 11) is -4.07. The molecule has 1 saturated heterocycles. The first kappa shape index (κ1) is 46.5. The van der Waals surface area contributed by atoms with Gasteiger partial charge in [0.1, 0.15) is 6.10 Å². The van der Waals surface area contributed by atoms with Gasteiger partial charge in [-0.1, -0.05) is 43.7 Å². The lowest BCUT2D eigenvalue weighted by atomic mass is 9.82. The number of ketones is 1. The average Bonchev–Trinajstić information content (AvgIpc) is 4.04. The van der Waals surface area contributed by atoms with Crippen LogP contribution < -0.4 is 14.2 Å². The number of benzene rings is 1. The van der Waals surface area contributed by atoms with E-state index in [-0.39, 0.29) is 42.1 Å². The van der Waals surface area contributed by atoms with Gasteiger partial charge in [-0.25, -0.2) is 26.0 Å². The maximum Gasteiger partial charge on any atom is 0.307 e. The zero-order valence-electron chi connectivity index (χ0n) is 35.2. The van der Waals surface area contributed by atoms with Gasteiger partial charge in [0, 0.05) is 41.6 Å². The van der Waals surface area contributed by atoms with Gasteiger partial charge in [-0.05, 0) is 89.2 Å². The minimum atomic E-state index is -4.07. The molecule has 3 fully saturated rings. The molecule has 0 unspecified atom stereocenters. The van der Waals surface area contributed by atoms with Gasteiger partial charge in [-0.15, -0.1) is 0 Å². The maximum absolute atomic E-state index is 15.0. The normalized spacial score (nSPS) is 28.9. The fourth-order valence-electron chi connectivity index (χ4n) is 8.34. The summed E-state index contributed by atoms with van der Waals surface area (Å²) in [6, 6.07) is 4.97. The molecular formula is C43H54ClF4N3O9S. The Bertz CT molecular complexity index is 2180. The molecule has 0 radical (unpaired) electrons. The zero-order chi connectivity index (χ0) is 44.9. The minimum Gasteiger partial charge on any atom is -0.472 e. The molecule has 4 aliphatic rings. The highest BCUT2D eigenvalue weighted by atomic mass is 35.5. The molecule has 336 valence electrons. The minimum absolute atomic E-state index is 0.0158. The van der Waals surface area contributed by atoms with Crippen molar-refractivity contribution in [3.8, 4) is 11.8 Å². The van der Waals surface area contributed by atoms with Gasteiger partial charge in [0.25, 0.3) is 12.3 Å². The van der Waals surface area contributed by atoms with Crippen LogP contribution in [0.1, 0.15) is 99.3 Å². The van der Waals surface area contributed by atoms with E-state index in [0.717, 1.165) is 13.8 Å². The number of rotatable bonds is 12. The van der Waals surface area contributed by atoms with Crippen molar-refractivity contribution < 1.29 is 59.4 Å². The standard InChI is InChI=1S/C43H54ClF4N3O9S/c1-24-10-7-8-11-26-20-43(26,39(55)50-61(56,57)41(5)14-15-41)21-33(52)32-17-27(59-37-28-12-9-13-31(44)30(28)18-35(49-37)58-23-34(45)46)22-51(32)38(54)29(25(2)16-24)19-36(53)60-40(3,4)42(6,47)48/h8-9,11-13,18,24-27,29,32,34H,7,10,14-17,19-23H2,1-6H3,(H,50,55)/b11-8-/t24-,25-,26-,27-,29+,32+,43-/m1/s1. The summed E-state index contributed by atoms with van der Waals surface area (Å²) in [4.78, 5) is 62.8. The number of fused-ring (bicyclic) bond motifs is 3. The summed E-state index contributed by atoms with van der Waals surface area (Å²) in [6.45, 7) is 6.88. The summed E-state index contributed by atoms with van der Waals surface area (Å²) in [5.74, 6) is -8.82. The molecule has 1 aromatic heterocycles. The number of halogens is 5. The van der Waals surface area contributed by atoms with Crippen LogP contribution in [0, 0.1) is 29.1 Å². The molecule has 3 heterocycles. The van der Waals surface area contributed by atoms with Gasteiger partial charge < -0.3 is 19.1 Å². The van der Waals surface area contributed by atoms with E-state index < -0.39 is 111 Å². The van der Waals surface area contributed by atoms with Gasteiger partial charge in [0.15, 0.2) is 18.0 Å². The largest absolute Gasteiger partial charge is 0.472 e. The SMILES string of the molecule is C[C@@H]1CC/C=C\[C@@H]2C[C@@]2(C(=O)NS(=O)(=O)C2(C)CC2)CC(=O)[C@@H]2C[C@@H](Oc3nc(OCC(F)F)cc4c(Cl)cccc34)CN2C(=O)[C@@H](CC(=O)OC(C)(C)C(C)(F)F)[C@H](C)C1. The molecule has 1 N–H and O–H groups in total. The average molecular weight is 900 g/mol. The number of carbonyl (C=O) groups excluding carboxylic acids is 4. The van der Waals surface area contributed by atoms with Crippen molar-refractivity contribution >= 4 is 56.0 Å². The highest BCUT2D eigenvalue weighted by molar-refractivity contribution is 7.91. The summed E-state index contributed by atoms with van der Waals surface area (Å²) >= 11 is 6.48. The van der Waals surface area contributed by atoms with E-state index in [2.05, 4.69) is 9.71 Å². The first-order valence-electron chi connectivity index (χ1n) is 20.7. The van der Waals surface area contributed by atoms with Crippen molar-refractivity contribution in [2.75, 3.05) is 13.2 Å². The topological polar surface area (TPSA) is 158 Å². The highest BCUT2D eigenvalue weighted by Crippen LogP contribution is 2.58. The van der Waals surface area contributed by atoms with Gasteiger partial charge in [-0.3, -0.25) is 23.9 Å². The number of ether oxygens (including phenoxy) is 3. The second kappa shape index (κ2) is 17.3. The van der Waals surface area contributed by atoms with E-state index in [0.29, 0.717) is 49.8 Å². The summed E-state index contributed by atoms with van der Waals surface area (Å²) in [6.07, 6.45) is 1.48. The lowest BCUT2D eigenvalue weighted by Gasteiger charge is -2.34. The number of allylic oxidation sites excluding steroid dienone is 2. The van der Waals surface area contributed by atoms with Crippen molar-refractivity contribution in [1.82, 2.24) is 14.6 Å². The Kier molecular flexibility index (Phi) is 13.2. The van der Waals surface area contributed by atoms with Gasteiger partial charge in [0.2, 0.25) is 33.6 Å². The Hall–Kier alpha value is -3.99. The number of nitrogens with one attached hydrogen (secondary N) is 1. The molecular weight excluding hydrogens is 846 g/mol. The third kappa shape index (κ3) is 10.1. The number of aromatic nitrogens is 1. The molecule has 2 aliphatic carbocycles. The number of carbonyl (C=O) groups is 4. The molecule has 2 aliphatic heterocycles. The highest BCUT2D eigenvalue weighted by Gasteiger charge is 2.63. The van der Waals surface area contributed by atoms with Gasteiger partial charge >= 0.3 is 5.97 Å². The molecule has 1 aromatic carbocycles. The Morgan fingerprint density at radius 2 is 1.80 bits per heavy atom. The number of alkyl halides is 4. The van der Waals surface area contributed by atoms with Crippen LogP contribution in [0.5, 0.6) is 11.8 Å². The van der Waals surface area contributed by atoms with Crippen LogP contribution in [0.4, 0.5) is 17.6 Å². The Balaban J connectivity index is 1.37. The zero-order valence-corrected chi connectivity index (χ0v) is 36.7. The third-order valence-electron chi connectivity index (χ3n) is 13.0. The second-order valence-electron chi connectivity index (χ2n) is 18.3. The van der Waals surface area contributed by atoms with Crippen LogP contribution in [0.2, 0.25) is 5.02 Å². The van der Waals surface area contributed by atoms with E-state index >= 15 is 0 Å². The molecule has 12 nitrogen and oxygen atoms in total. The summed E-state index contributed by atoms with van der Waals surface area (Å²) < 4.78 is 99.8. The molecule has 7 atom stereocenters. The number of Topliss-reactive ketones (excluding diaryl/α,β-unsaturated/α-hetero) is 1. The van der Waals surface area contributed by atoms with E-state index in [4.69, 9.17) is 25.8 Å². The van der Waals surface area contributed by atoms with Crippen LogP contribution >= 0.6 is 11.6 Å². The number of amides is 2. The van der Waals surface area contributed by atoms with Crippen LogP contribution in [0.3, 0.4) is 0 Å². The summed E-state index contributed by atoms with van der Waals surface area (Å²) in [5.41, 5.74) is -3.63. The predicted molar refractivity (Wildman–Crippen MR) is 218 cm³/mol. The van der Waals surface area contributed by atoms with Gasteiger partial charge in [-0.2, -0.15) is 4.98 Å². The van der Waals surface area contributed by atoms with E-state index in [1.807, 2.05) is 19.1 Å². The summed E-state index contributed by atoms with van der Waals surface area (Å²) in [5, 5.41) is 0.995. The number of hydrogen-bond donors (Lipinski definition) is 1. The van der Waals surface area contributed by atoms with Crippen molar-refractivity contribution in [1.29, 1.82) is 0 Å². The molecule has 61 heavy (non-hydrogen) atoms. The number of esters is 1. The van der Waals surface area contributed by atoms with Crippen LogP contribution in [0.25, 0.3) is 10.8 Å². The molecule has 2 amide bonds. The van der Waals surface area contributed by atoms with Crippen LogP contribution in [-0.4, -0.2) is 89.9 Å². The first-order valence-corrected chi connectivity index (χ1v) is 22.6. The third-order valence-corrected chi connectivity index (χ3v) is 15.5. The predicted octanol–water partition coefficient (Wildman–Crippen LogP) is 7.84. The molecule has 2 aromatic rings. The molecule has 18 heteroatoms. The second-order valence-corrected chi connectivity index (χ2v) is 20.9. The lowest BCUT2D eigenvalue weighted by molar-refractivity contribution is -0.197. The number of hydrogen-bond acceptors (Lipinski definition) is 10. The number of nitrogens with zero attached hydrogens (tertiary/aromatic N) is 2. The fraction of sp³-hybridized carbons (Fsp3) is 0.651. The fourth-order valence-corrected chi connectivity index (χ4v) is 9.90. The maximum atomic E-state index is 15.0. The Labute approximate surface area is 358 Å². The monoisotopic (exact) mass is 899 g/mol. The smallest absolute Gasteiger partial charge is 0.307 e.